The van der Waals surface area contributed by atoms with E-state index in [0.717, 1.165) is 12.6 Å². The van der Waals surface area contributed by atoms with Crippen LogP contribution in [0.2, 0.25) is 0 Å². The lowest BCUT2D eigenvalue weighted by atomic mass is 10.00. The van der Waals surface area contributed by atoms with E-state index in [1.54, 1.807) is 0 Å². The van der Waals surface area contributed by atoms with E-state index in [-0.39, 0.29) is 0 Å². The first-order chi connectivity index (χ1) is 7.69. The van der Waals surface area contributed by atoms with Crippen molar-refractivity contribution < 1.29 is 0 Å². The van der Waals surface area contributed by atoms with Crippen LogP contribution in [0, 0.1) is 0 Å². The van der Waals surface area contributed by atoms with Gasteiger partial charge in [-0.15, -0.1) is 0 Å². The summed E-state index contributed by atoms with van der Waals surface area (Å²) in [5.74, 6) is 0. The van der Waals surface area contributed by atoms with Crippen molar-refractivity contribution in [1.82, 2.24) is 9.80 Å². The molecular formula is C13H29N3. The van der Waals surface area contributed by atoms with E-state index in [1.165, 1.54) is 45.2 Å². The fourth-order valence-corrected chi connectivity index (χ4v) is 2.63. The molecule has 0 spiro atoms. The Morgan fingerprint density at radius 1 is 1.38 bits per heavy atom. The molecule has 3 heteroatoms. The smallest absolute Gasteiger partial charge is 0.0218 e. The Balaban J connectivity index is 2.37. The summed E-state index contributed by atoms with van der Waals surface area (Å²) in [6.07, 6.45) is 6.44. The summed E-state index contributed by atoms with van der Waals surface area (Å²) in [5, 5.41) is 0. The van der Waals surface area contributed by atoms with Crippen LogP contribution < -0.4 is 5.73 Å². The van der Waals surface area contributed by atoms with E-state index < -0.39 is 0 Å². The minimum absolute atomic E-state index is 0.591. The van der Waals surface area contributed by atoms with Gasteiger partial charge in [0.15, 0.2) is 0 Å². The Hall–Kier alpha value is -0.120. The van der Waals surface area contributed by atoms with Crippen LogP contribution in [0.15, 0.2) is 0 Å². The standard InChI is InChI=1S/C13H29N3/c1-4-5-6-13(11-14)16(3)12-7-9-15(2)10-8-12/h12-13H,4-11,14H2,1-3H3. The predicted octanol–water partition coefficient (Wildman–Crippen LogP) is 1.53. The lowest BCUT2D eigenvalue weighted by Crippen LogP contribution is -2.48. The van der Waals surface area contributed by atoms with E-state index in [1.807, 2.05) is 0 Å². The van der Waals surface area contributed by atoms with Gasteiger partial charge in [-0.3, -0.25) is 4.90 Å². The number of hydrogen-bond donors (Lipinski definition) is 1. The fourth-order valence-electron chi connectivity index (χ4n) is 2.63. The molecule has 0 saturated carbocycles. The minimum Gasteiger partial charge on any atom is -0.329 e. The Morgan fingerprint density at radius 2 is 2.00 bits per heavy atom. The van der Waals surface area contributed by atoms with Gasteiger partial charge in [0.2, 0.25) is 0 Å². The zero-order chi connectivity index (χ0) is 12.0. The topological polar surface area (TPSA) is 32.5 Å². The normalized spacial score (nSPS) is 21.6. The van der Waals surface area contributed by atoms with Crippen LogP contribution in [0.5, 0.6) is 0 Å². The van der Waals surface area contributed by atoms with Crippen molar-refractivity contribution in [1.29, 1.82) is 0 Å². The van der Waals surface area contributed by atoms with Gasteiger partial charge in [-0.25, -0.2) is 0 Å². The molecule has 0 aromatic rings. The van der Waals surface area contributed by atoms with Gasteiger partial charge in [-0.2, -0.15) is 0 Å². The van der Waals surface area contributed by atoms with Crippen LogP contribution in [-0.2, 0) is 0 Å². The van der Waals surface area contributed by atoms with Gasteiger partial charge < -0.3 is 10.6 Å². The maximum atomic E-state index is 5.90. The van der Waals surface area contributed by atoms with Crippen LogP contribution >= 0.6 is 0 Å². The maximum absolute atomic E-state index is 5.90. The van der Waals surface area contributed by atoms with E-state index in [2.05, 4.69) is 30.8 Å². The highest BCUT2D eigenvalue weighted by molar-refractivity contribution is 4.81. The van der Waals surface area contributed by atoms with Gasteiger partial charge in [-0.1, -0.05) is 19.8 Å². The molecule has 1 saturated heterocycles. The SMILES string of the molecule is CCCCC(CN)N(C)C1CCN(C)CC1. The second kappa shape index (κ2) is 7.25. The van der Waals surface area contributed by atoms with Crippen LogP contribution in [-0.4, -0.2) is 55.6 Å². The minimum atomic E-state index is 0.591. The van der Waals surface area contributed by atoms with E-state index in [9.17, 15) is 0 Å². The number of unbranched alkanes of at least 4 members (excludes halogenated alkanes) is 1. The molecule has 1 unspecified atom stereocenters. The Bertz CT molecular complexity index is 171. The summed E-state index contributed by atoms with van der Waals surface area (Å²) in [6, 6.07) is 1.34. The molecule has 0 bridgehead atoms. The highest BCUT2D eigenvalue weighted by Gasteiger charge is 2.24. The monoisotopic (exact) mass is 227 g/mol. The summed E-state index contributed by atoms with van der Waals surface area (Å²) in [7, 11) is 4.48. The highest BCUT2D eigenvalue weighted by Crippen LogP contribution is 2.18. The third kappa shape index (κ3) is 4.04. The van der Waals surface area contributed by atoms with Crippen LogP contribution in [0.1, 0.15) is 39.0 Å². The van der Waals surface area contributed by atoms with Gasteiger partial charge >= 0.3 is 0 Å². The van der Waals surface area contributed by atoms with Crippen LogP contribution in [0.3, 0.4) is 0 Å². The molecule has 0 aromatic carbocycles. The first kappa shape index (κ1) is 13.9. The fraction of sp³-hybridized carbons (Fsp3) is 1.00. The Kier molecular flexibility index (Phi) is 6.32. The van der Waals surface area contributed by atoms with Crippen molar-refractivity contribution in [2.45, 2.75) is 51.1 Å². The van der Waals surface area contributed by atoms with Crippen molar-refractivity contribution in [3.05, 3.63) is 0 Å². The van der Waals surface area contributed by atoms with Crippen molar-refractivity contribution in [2.75, 3.05) is 33.7 Å². The molecule has 1 aliphatic rings. The van der Waals surface area contributed by atoms with E-state index in [4.69, 9.17) is 5.73 Å². The first-order valence-electron chi connectivity index (χ1n) is 6.79. The zero-order valence-electron chi connectivity index (χ0n) is 11.3. The summed E-state index contributed by atoms with van der Waals surface area (Å²) in [4.78, 5) is 4.97. The zero-order valence-corrected chi connectivity index (χ0v) is 11.3. The number of nitrogens with zero attached hydrogens (tertiary/aromatic N) is 2. The van der Waals surface area contributed by atoms with Crippen molar-refractivity contribution in [3.63, 3.8) is 0 Å². The molecule has 0 aliphatic carbocycles. The van der Waals surface area contributed by atoms with E-state index >= 15 is 0 Å². The molecule has 16 heavy (non-hydrogen) atoms. The predicted molar refractivity (Wildman–Crippen MR) is 70.6 cm³/mol. The van der Waals surface area contributed by atoms with Gasteiger partial charge in [-0.05, 0) is 46.4 Å². The molecule has 1 fully saturated rings. The number of piperidine rings is 1. The molecule has 0 amide bonds. The number of rotatable bonds is 6. The quantitative estimate of drug-likeness (QED) is 0.747. The Morgan fingerprint density at radius 3 is 2.50 bits per heavy atom. The van der Waals surface area contributed by atoms with Gasteiger partial charge in [0, 0.05) is 18.6 Å². The average Bonchev–Trinajstić information content (AvgIpc) is 2.30. The molecular weight excluding hydrogens is 198 g/mol. The number of hydrogen-bond acceptors (Lipinski definition) is 3. The summed E-state index contributed by atoms with van der Waals surface area (Å²) in [5.41, 5.74) is 5.90. The number of likely N-dealkylation sites (tertiary alicyclic amines) is 1. The second-order valence-electron chi connectivity index (χ2n) is 5.23. The largest absolute Gasteiger partial charge is 0.329 e. The molecule has 96 valence electrons. The average molecular weight is 227 g/mol. The van der Waals surface area contributed by atoms with Crippen LogP contribution in [0.25, 0.3) is 0 Å². The van der Waals surface area contributed by atoms with Crippen molar-refractivity contribution in [2.24, 2.45) is 5.73 Å². The van der Waals surface area contributed by atoms with Gasteiger partial charge in [0.1, 0.15) is 0 Å². The molecule has 1 atom stereocenters. The number of nitrogens with two attached hydrogens (primary N) is 1. The third-order valence-electron chi connectivity index (χ3n) is 4.00. The Labute approximate surface area is 101 Å². The van der Waals surface area contributed by atoms with Gasteiger partial charge in [0.25, 0.3) is 0 Å². The highest BCUT2D eigenvalue weighted by atomic mass is 15.2. The van der Waals surface area contributed by atoms with Crippen molar-refractivity contribution in [3.8, 4) is 0 Å². The molecule has 3 nitrogen and oxygen atoms in total. The van der Waals surface area contributed by atoms with Crippen molar-refractivity contribution >= 4 is 0 Å². The third-order valence-corrected chi connectivity index (χ3v) is 4.00. The summed E-state index contributed by atoms with van der Waals surface area (Å²) in [6.45, 7) is 5.53. The van der Waals surface area contributed by atoms with Crippen LogP contribution in [0.4, 0.5) is 0 Å². The number of likely N-dealkylation sites (N-methyl/N-ethyl adjacent to an activating group) is 1. The molecule has 1 heterocycles. The molecule has 1 aliphatic heterocycles. The second-order valence-corrected chi connectivity index (χ2v) is 5.23. The summed E-state index contributed by atoms with van der Waals surface area (Å²) < 4.78 is 0. The molecule has 2 N–H and O–H groups in total. The summed E-state index contributed by atoms with van der Waals surface area (Å²) >= 11 is 0. The maximum Gasteiger partial charge on any atom is 0.0218 e. The molecule has 0 radical (unpaired) electrons. The molecule has 1 rings (SSSR count). The first-order valence-corrected chi connectivity index (χ1v) is 6.79. The lowest BCUT2D eigenvalue weighted by Gasteiger charge is -2.39. The molecule has 0 aromatic heterocycles. The van der Waals surface area contributed by atoms with E-state index in [0.29, 0.717) is 6.04 Å². The lowest BCUT2D eigenvalue weighted by molar-refractivity contribution is 0.104. The van der Waals surface area contributed by atoms with Gasteiger partial charge in [0.05, 0.1) is 0 Å².